The topological polar surface area (TPSA) is 79.2 Å². The summed E-state index contributed by atoms with van der Waals surface area (Å²) in [4.78, 5) is 11.6. The fourth-order valence-corrected chi connectivity index (χ4v) is 2.26. The minimum atomic E-state index is -0.703. The van der Waals surface area contributed by atoms with Crippen LogP contribution in [0.5, 0.6) is 0 Å². The van der Waals surface area contributed by atoms with Crippen LogP contribution >= 0.6 is 0 Å². The minimum absolute atomic E-state index is 0.251. The second kappa shape index (κ2) is 5.39. The summed E-state index contributed by atoms with van der Waals surface area (Å²) in [6.45, 7) is 0.768. The van der Waals surface area contributed by atoms with E-state index < -0.39 is 5.60 Å². The Labute approximate surface area is 106 Å². The second-order valence-electron chi connectivity index (χ2n) is 4.99. The normalized spacial score (nSPS) is 17.7. The Morgan fingerprint density at radius 2 is 2.22 bits per heavy atom. The van der Waals surface area contributed by atoms with Crippen molar-refractivity contribution in [2.75, 3.05) is 6.54 Å². The van der Waals surface area contributed by atoms with Crippen molar-refractivity contribution in [1.29, 1.82) is 0 Å². The number of urea groups is 1. The van der Waals surface area contributed by atoms with Gasteiger partial charge >= 0.3 is 6.03 Å². The van der Waals surface area contributed by atoms with Crippen molar-refractivity contribution in [3.8, 4) is 0 Å². The monoisotopic (exact) mass is 252 g/mol. The van der Waals surface area contributed by atoms with E-state index in [4.69, 9.17) is 0 Å². The van der Waals surface area contributed by atoms with Crippen molar-refractivity contribution < 1.29 is 9.90 Å². The SMILES string of the molecule is Cn1cc(CNC(=O)NCC2(O)CCCC2)cn1. The second-order valence-corrected chi connectivity index (χ2v) is 4.99. The molecule has 6 heteroatoms. The van der Waals surface area contributed by atoms with Crippen LogP contribution in [0.4, 0.5) is 4.79 Å². The quantitative estimate of drug-likeness (QED) is 0.731. The third-order valence-corrected chi connectivity index (χ3v) is 3.32. The molecular weight excluding hydrogens is 232 g/mol. The first-order chi connectivity index (χ1) is 8.57. The molecule has 0 bridgehead atoms. The van der Waals surface area contributed by atoms with Crippen molar-refractivity contribution in [3.05, 3.63) is 18.0 Å². The van der Waals surface area contributed by atoms with Gasteiger partial charge in [0.2, 0.25) is 0 Å². The van der Waals surface area contributed by atoms with Gasteiger partial charge in [0, 0.05) is 31.9 Å². The summed E-state index contributed by atoms with van der Waals surface area (Å²) in [7, 11) is 1.83. The molecule has 1 aliphatic rings. The molecule has 1 aromatic heterocycles. The molecule has 2 rings (SSSR count). The highest BCUT2D eigenvalue weighted by molar-refractivity contribution is 5.73. The lowest BCUT2D eigenvalue weighted by Crippen LogP contribution is -2.44. The fraction of sp³-hybridized carbons (Fsp3) is 0.667. The summed E-state index contributed by atoms with van der Waals surface area (Å²) in [5, 5.41) is 19.5. The van der Waals surface area contributed by atoms with Crippen LogP contribution in [0.25, 0.3) is 0 Å². The van der Waals surface area contributed by atoms with Gasteiger partial charge in [0.05, 0.1) is 11.8 Å². The Morgan fingerprint density at radius 1 is 1.50 bits per heavy atom. The van der Waals surface area contributed by atoms with Crippen LogP contribution in [-0.4, -0.2) is 33.1 Å². The summed E-state index contributed by atoms with van der Waals surface area (Å²) in [6, 6.07) is -0.251. The predicted octanol–water partition coefficient (Wildman–Crippen LogP) is 0.524. The van der Waals surface area contributed by atoms with Crippen LogP contribution in [0.2, 0.25) is 0 Å². The predicted molar refractivity (Wildman–Crippen MR) is 66.9 cm³/mol. The Morgan fingerprint density at radius 3 is 2.83 bits per heavy atom. The summed E-state index contributed by atoms with van der Waals surface area (Å²) < 4.78 is 1.69. The highest BCUT2D eigenvalue weighted by atomic mass is 16.3. The van der Waals surface area contributed by atoms with Crippen LogP contribution < -0.4 is 10.6 Å². The molecule has 0 radical (unpaired) electrons. The molecule has 1 heterocycles. The number of aliphatic hydroxyl groups is 1. The number of aromatic nitrogens is 2. The lowest BCUT2D eigenvalue weighted by atomic mass is 10.0. The zero-order chi connectivity index (χ0) is 13.0. The minimum Gasteiger partial charge on any atom is -0.388 e. The number of hydrogen-bond donors (Lipinski definition) is 3. The van der Waals surface area contributed by atoms with E-state index in [-0.39, 0.29) is 6.03 Å². The third kappa shape index (κ3) is 3.46. The summed E-state index contributed by atoms with van der Waals surface area (Å²) in [6.07, 6.45) is 7.19. The van der Waals surface area contributed by atoms with E-state index in [2.05, 4.69) is 15.7 Å². The molecule has 100 valence electrons. The van der Waals surface area contributed by atoms with Gasteiger partial charge in [-0.15, -0.1) is 0 Å². The highest BCUT2D eigenvalue weighted by Gasteiger charge is 2.31. The number of carbonyl (C=O) groups is 1. The van der Waals surface area contributed by atoms with Crippen LogP contribution in [0.1, 0.15) is 31.2 Å². The number of nitrogens with one attached hydrogen (secondary N) is 2. The maximum atomic E-state index is 11.6. The van der Waals surface area contributed by atoms with Gasteiger partial charge < -0.3 is 15.7 Å². The molecule has 1 fully saturated rings. The molecule has 3 N–H and O–H groups in total. The van der Waals surface area contributed by atoms with Gasteiger partial charge in [-0.05, 0) is 12.8 Å². The number of hydrogen-bond acceptors (Lipinski definition) is 3. The van der Waals surface area contributed by atoms with Gasteiger partial charge in [0.15, 0.2) is 0 Å². The van der Waals surface area contributed by atoms with Crippen molar-refractivity contribution in [1.82, 2.24) is 20.4 Å². The van der Waals surface area contributed by atoms with Gasteiger partial charge in [0.25, 0.3) is 0 Å². The number of carbonyl (C=O) groups excluding carboxylic acids is 1. The van der Waals surface area contributed by atoms with Gasteiger partial charge in [-0.25, -0.2) is 4.79 Å². The molecule has 0 spiro atoms. The lowest BCUT2D eigenvalue weighted by molar-refractivity contribution is 0.0501. The number of rotatable bonds is 4. The zero-order valence-corrected chi connectivity index (χ0v) is 10.6. The first-order valence-corrected chi connectivity index (χ1v) is 6.29. The zero-order valence-electron chi connectivity index (χ0n) is 10.6. The molecule has 1 aromatic rings. The molecule has 6 nitrogen and oxygen atoms in total. The van der Waals surface area contributed by atoms with Gasteiger partial charge in [-0.1, -0.05) is 12.8 Å². The van der Waals surface area contributed by atoms with E-state index in [0.29, 0.717) is 13.1 Å². The molecule has 18 heavy (non-hydrogen) atoms. The maximum absolute atomic E-state index is 11.6. The summed E-state index contributed by atoms with van der Waals surface area (Å²) >= 11 is 0. The summed E-state index contributed by atoms with van der Waals surface area (Å²) in [5.41, 5.74) is 0.248. The maximum Gasteiger partial charge on any atom is 0.315 e. The van der Waals surface area contributed by atoms with E-state index >= 15 is 0 Å². The number of amides is 2. The van der Waals surface area contributed by atoms with Gasteiger partial charge in [0.1, 0.15) is 0 Å². The molecule has 0 atom stereocenters. The number of nitrogens with zero attached hydrogens (tertiary/aromatic N) is 2. The first kappa shape index (κ1) is 12.9. The Hall–Kier alpha value is -1.56. The number of aryl methyl sites for hydroxylation is 1. The average Bonchev–Trinajstić information content (AvgIpc) is 2.94. The van der Waals surface area contributed by atoms with Gasteiger partial charge in [-0.3, -0.25) is 4.68 Å². The van der Waals surface area contributed by atoms with E-state index in [1.165, 1.54) is 0 Å². The fourth-order valence-electron chi connectivity index (χ4n) is 2.26. The van der Waals surface area contributed by atoms with Crippen molar-refractivity contribution in [2.45, 2.75) is 37.8 Å². The Kier molecular flexibility index (Phi) is 3.86. The van der Waals surface area contributed by atoms with Gasteiger partial charge in [-0.2, -0.15) is 5.10 Å². The Bertz CT molecular complexity index is 410. The molecule has 0 aromatic carbocycles. The van der Waals surface area contributed by atoms with Crippen LogP contribution in [0, 0.1) is 0 Å². The lowest BCUT2D eigenvalue weighted by Gasteiger charge is -2.22. The standard InChI is InChI=1S/C12H20N4O2/c1-16-8-10(7-15-16)6-13-11(17)14-9-12(18)4-2-3-5-12/h7-8,18H,2-6,9H2,1H3,(H2,13,14,17). The Balaban J connectivity index is 1.69. The van der Waals surface area contributed by atoms with Crippen LogP contribution in [0.15, 0.2) is 12.4 Å². The summed E-state index contributed by atoms with van der Waals surface area (Å²) in [5.74, 6) is 0. The molecule has 2 amide bonds. The smallest absolute Gasteiger partial charge is 0.315 e. The van der Waals surface area contributed by atoms with E-state index in [1.807, 2.05) is 13.2 Å². The third-order valence-electron chi connectivity index (χ3n) is 3.32. The van der Waals surface area contributed by atoms with Crippen molar-refractivity contribution >= 4 is 6.03 Å². The van der Waals surface area contributed by atoms with E-state index in [1.54, 1.807) is 10.9 Å². The van der Waals surface area contributed by atoms with E-state index in [9.17, 15) is 9.90 Å². The van der Waals surface area contributed by atoms with Crippen molar-refractivity contribution in [2.24, 2.45) is 7.05 Å². The first-order valence-electron chi connectivity index (χ1n) is 6.29. The molecule has 0 unspecified atom stereocenters. The molecule has 0 saturated heterocycles. The average molecular weight is 252 g/mol. The highest BCUT2D eigenvalue weighted by Crippen LogP contribution is 2.28. The molecule has 1 aliphatic carbocycles. The molecular formula is C12H20N4O2. The van der Waals surface area contributed by atoms with Crippen molar-refractivity contribution in [3.63, 3.8) is 0 Å². The van der Waals surface area contributed by atoms with Crippen LogP contribution in [-0.2, 0) is 13.6 Å². The molecule has 1 saturated carbocycles. The van der Waals surface area contributed by atoms with Crippen LogP contribution in [0.3, 0.4) is 0 Å². The molecule has 0 aliphatic heterocycles. The largest absolute Gasteiger partial charge is 0.388 e. The van der Waals surface area contributed by atoms with E-state index in [0.717, 1.165) is 31.2 Å².